The van der Waals surface area contributed by atoms with Gasteiger partial charge in [-0.1, -0.05) is 38.5 Å². The van der Waals surface area contributed by atoms with Gasteiger partial charge in [0.2, 0.25) is 0 Å². The summed E-state index contributed by atoms with van der Waals surface area (Å²) < 4.78 is 28.0. The first-order valence-electron chi connectivity index (χ1n) is 9.41. The van der Waals surface area contributed by atoms with Crippen molar-refractivity contribution in [2.45, 2.75) is 32.6 Å². The Hall–Kier alpha value is -3.08. The lowest BCUT2D eigenvalue weighted by Crippen LogP contribution is -2.20. The van der Waals surface area contributed by atoms with Gasteiger partial charge in [-0.3, -0.25) is 10.8 Å². The highest BCUT2D eigenvalue weighted by Gasteiger charge is 2.27. The Bertz CT molecular complexity index is 1110. The van der Waals surface area contributed by atoms with E-state index in [1.54, 1.807) is 0 Å². The van der Waals surface area contributed by atoms with E-state index >= 15 is 0 Å². The number of amidine groups is 2. The van der Waals surface area contributed by atoms with Gasteiger partial charge in [0.15, 0.2) is 0 Å². The molecule has 0 radical (unpaired) electrons. The van der Waals surface area contributed by atoms with Crippen molar-refractivity contribution in [1.29, 1.82) is 10.8 Å². The van der Waals surface area contributed by atoms with E-state index in [1.807, 2.05) is 12.1 Å². The largest absolute Gasteiger partial charge is 0.325 e. The van der Waals surface area contributed by atoms with Gasteiger partial charge in [0.25, 0.3) is 0 Å². The first-order valence-corrected chi connectivity index (χ1v) is 9.41. The first kappa shape index (κ1) is 18.3. The number of halogens is 2. The highest BCUT2D eigenvalue weighted by Crippen LogP contribution is 2.38. The fourth-order valence-corrected chi connectivity index (χ4v) is 4.03. The molecule has 3 aromatic rings. The number of fused-ring (bicyclic) bond motifs is 2. The summed E-state index contributed by atoms with van der Waals surface area (Å²) in [5.41, 5.74) is 3.21. The standard InChI is InChI=1S/C23H21F2N3/c1-3-4-12(2)13-5-6-14-10-19-21(23(27)28-22(19)26)20(18(14)9-13)15-7-16(24)11-17(25)8-15/h5-12H,3-4H2,1-2H3,(H3,26,27,28). The minimum Gasteiger partial charge on any atom is -0.325 e. The maximum atomic E-state index is 14.0. The molecule has 3 N–H and O–H groups in total. The van der Waals surface area contributed by atoms with Gasteiger partial charge in [0.1, 0.15) is 23.3 Å². The molecule has 0 saturated heterocycles. The number of nitrogens with one attached hydrogen (secondary N) is 3. The highest BCUT2D eigenvalue weighted by molar-refractivity contribution is 6.28. The molecule has 0 amide bonds. The number of hydrogen-bond donors (Lipinski definition) is 3. The Morgan fingerprint density at radius 3 is 2.32 bits per heavy atom. The molecule has 142 valence electrons. The Morgan fingerprint density at radius 2 is 1.64 bits per heavy atom. The van der Waals surface area contributed by atoms with Gasteiger partial charge in [-0.25, -0.2) is 8.78 Å². The lowest BCUT2D eigenvalue weighted by atomic mass is 9.87. The third-order valence-corrected chi connectivity index (χ3v) is 5.38. The lowest BCUT2D eigenvalue weighted by Gasteiger charge is -2.16. The fourth-order valence-electron chi connectivity index (χ4n) is 4.03. The monoisotopic (exact) mass is 377 g/mol. The Labute approximate surface area is 162 Å². The van der Waals surface area contributed by atoms with Gasteiger partial charge < -0.3 is 5.32 Å². The van der Waals surface area contributed by atoms with Crippen LogP contribution in [-0.4, -0.2) is 11.7 Å². The van der Waals surface area contributed by atoms with Crippen molar-refractivity contribution < 1.29 is 8.78 Å². The smallest absolute Gasteiger partial charge is 0.132 e. The molecule has 1 unspecified atom stereocenters. The third-order valence-electron chi connectivity index (χ3n) is 5.38. The van der Waals surface area contributed by atoms with Crippen molar-refractivity contribution >= 4 is 22.4 Å². The minimum atomic E-state index is -0.663. The molecule has 5 heteroatoms. The van der Waals surface area contributed by atoms with Crippen LogP contribution in [0.25, 0.3) is 21.9 Å². The van der Waals surface area contributed by atoms with Crippen molar-refractivity contribution in [3.05, 3.63) is 70.8 Å². The molecular formula is C23H21F2N3. The minimum absolute atomic E-state index is 0.0774. The molecule has 4 rings (SSSR count). The van der Waals surface area contributed by atoms with E-state index in [4.69, 9.17) is 10.8 Å². The first-order chi connectivity index (χ1) is 13.4. The topological polar surface area (TPSA) is 59.7 Å². The number of hydrogen-bond acceptors (Lipinski definition) is 2. The van der Waals surface area contributed by atoms with Crippen molar-refractivity contribution in [3.63, 3.8) is 0 Å². The summed E-state index contributed by atoms with van der Waals surface area (Å²) in [6, 6.07) is 11.4. The summed E-state index contributed by atoms with van der Waals surface area (Å²) in [6.07, 6.45) is 2.11. The van der Waals surface area contributed by atoms with E-state index in [9.17, 15) is 8.78 Å². The number of rotatable bonds is 4. The average Bonchev–Trinajstić information content (AvgIpc) is 2.92. The van der Waals surface area contributed by atoms with Gasteiger partial charge in [-0.15, -0.1) is 0 Å². The molecule has 1 heterocycles. The van der Waals surface area contributed by atoms with Crippen molar-refractivity contribution in [2.24, 2.45) is 0 Å². The van der Waals surface area contributed by atoms with E-state index in [0.29, 0.717) is 28.2 Å². The van der Waals surface area contributed by atoms with Crippen LogP contribution in [0.5, 0.6) is 0 Å². The normalized spacial score (nSPS) is 14.3. The predicted octanol–water partition coefficient (Wildman–Crippen LogP) is 5.94. The maximum absolute atomic E-state index is 14.0. The second-order valence-electron chi connectivity index (χ2n) is 7.38. The molecule has 0 spiro atoms. The van der Waals surface area contributed by atoms with Crippen LogP contribution >= 0.6 is 0 Å². The van der Waals surface area contributed by atoms with Gasteiger partial charge in [-0.05, 0) is 52.4 Å². The van der Waals surface area contributed by atoms with Crippen LogP contribution in [0.15, 0.2) is 42.5 Å². The molecule has 28 heavy (non-hydrogen) atoms. The molecule has 1 aliphatic rings. The average molecular weight is 377 g/mol. The Kier molecular flexibility index (Phi) is 4.46. The number of benzene rings is 3. The van der Waals surface area contributed by atoms with E-state index in [-0.39, 0.29) is 11.7 Å². The van der Waals surface area contributed by atoms with Gasteiger partial charge in [0.05, 0.1) is 0 Å². The summed E-state index contributed by atoms with van der Waals surface area (Å²) in [6.45, 7) is 4.31. The van der Waals surface area contributed by atoms with Gasteiger partial charge >= 0.3 is 0 Å². The van der Waals surface area contributed by atoms with E-state index in [1.165, 1.54) is 12.1 Å². The third kappa shape index (κ3) is 2.97. The zero-order valence-corrected chi connectivity index (χ0v) is 15.8. The summed E-state index contributed by atoms with van der Waals surface area (Å²) >= 11 is 0. The van der Waals surface area contributed by atoms with Crippen molar-refractivity contribution in [3.8, 4) is 11.1 Å². The molecule has 0 aromatic heterocycles. The van der Waals surface area contributed by atoms with Crippen molar-refractivity contribution in [2.75, 3.05) is 0 Å². The van der Waals surface area contributed by atoms with Gasteiger partial charge in [-0.2, -0.15) is 0 Å². The van der Waals surface area contributed by atoms with E-state index in [2.05, 4.69) is 31.3 Å². The Balaban J connectivity index is 2.08. The van der Waals surface area contributed by atoms with Crippen LogP contribution in [0.4, 0.5) is 8.78 Å². The van der Waals surface area contributed by atoms with Crippen LogP contribution in [0, 0.1) is 22.5 Å². The van der Waals surface area contributed by atoms with Crippen LogP contribution in [-0.2, 0) is 0 Å². The molecule has 3 aromatic carbocycles. The zero-order valence-electron chi connectivity index (χ0n) is 15.8. The summed E-state index contributed by atoms with van der Waals surface area (Å²) in [7, 11) is 0. The van der Waals surface area contributed by atoms with Crippen LogP contribution < -0.4 is 5.32 Å². The van der Waals surface area contributed by atoms with Crippen molar-refractivity contribution in [1.82, 2.24) is 5.32 Å². The van der Waals surface area contributed by atoms with E-state index in [0.717, 1.165) is 35.2 Å². The SMILES string of the molecule is CCCC(C)c1ccc2cc3c(c(-c4cc(F)cc(F)c4)c2c1)C(=N)NC3=N. The lowest BCUT2D eigenvalue weighted by molar-refractivity contribution is 0.584. The molecule has 1 aliphatic heterocycles. The molecule has 0 bridgehead atoms. The molecule has 1 atom stereocenters. The van der Waals surface area contributed by atoms with Crippen LogP contribution in [0.2, 0.25) is 0 Å². The quantitative estimate of drug-likeness (QED) is 0.517. The summed E-state index contributed by atoms with van der Waals surface area (Å²) in [4.78, 5) is 0. The zero-order chi connectivity index (χ0) is 20.0. The van der Waals surface area contributed by atoms with Crippen LogP contribution in [0.3, 0.4) is 0 Å². The maximum Gasteiger partial charge on any atom is 0.132 e. The van der Waals surface area contributed by atoms with E-state index < -0.39 is 11.6 Å². The second kappa shape index (κ2) is 6.82. The van der Waals surface area contributed by atoms with Gasteiger partial charge in [0, 0.05) is 22.8 Å². The highest BCUT2D eigenvalue weighted by atomic mass is 19.1. The fraction of sp³-hybridized carbons (Fsp3) is 0.217. The molecular weight excluding hydrogens is 356 g/mol. The molecule has 0 fully saturated rings. The Morgan fingerprint density at radius 1 is 0.929 bits per heavy atom. The second-order valence-corrected chi connectivity index (χ2v) is 7.38. The summed E-state index contributed by atoms with van der Waals surface area (Å²) in [5.74, 6) is -0.764. The van der Waals surface area contributed by atoms with Crippen LogP contribution in [0.1, 0.15) is 49.3 Å². The summed E-state index contributed by atoms with van der Waals surface area (Å²) in [5, 5.41) is 20.9. The molecule has 0 aliphatic carbocycles. The molecule has 3 nitrogen and oxygen atoms in total. The molecule has 0 saturated carbocycles. The predicted molar refractivity (Wildman–Crippen MR) is 109 cm³/mol.